The van der Waals surface area contributed by atoms with Crippen molar-refractivity contribution in [3.05, 3.63) is 23.9 Å². The smallest absolute Gasteiger partial charge is 0.218 e. The van der Waals surface area contributed by atoms with Crippen molar-refractivity contribution in [3.8, 4) is 5.88 Å². The lowest BCUT2D eigenvalue weighted by Crippen LogP contribution is -2.10. The number of rotatable bonds is 6. The highest BCUT2D eigenvalue weighted by Crippen LogP contribution is 2.20. The molecule has 0 radical (unpaired) electrons. The standard InChI is InChI=1S/C11H18N2O2/c1-9(12)10-5-3-6-13-11(10)15-8-4-7-14-2/h3,5-6,9H,4,7-8,12H2,1-2H3. The molecule has 4 heteroatoms. The third-order valence-electron chi connectivity index (χ3n) is 2.02. The van der Waals surface area contributed by atoms with Gasteiger partial charge in [0, 0.05) is 37.9 Å². The molecule has 1 atom stereocenters. The molecule has 1 unspecified atom stereocenters. The van der Waals surface area contributed by atoms with Crippen molar-refractivity contribution in [2.24, 2.45) is 5.73 Å². The third-order valence-corrected chi connectivity index (χ3v) is 2.02. The zero-order valence-electron chi connectivity index (χ0n) is 9.27. The van der Waals surface area contributed by atoms with Crippen LogP contribution in [0.15, 0.2) is 18.3 Å². The first-order valence-corrected chi connectivity index (χ1v) is 5.08. The van der Waals surface area contributed by atoms with Gasteiger partial charge in [0.2, 0.25) is 5.88 Å². The molecule has 0 fully saturated rings. The molecule has 0 aromatic carbocycles. The molecule has 15 heavy (non-hydrogen) atoms. The van der Waals surface area contributed by atoms with Crippen LogP contribution in [0.2, 0.25) is 0 Å². The molecule has 0 aliphatic heterocycles. The molecule has 0 saturated carbocycles. The molecule has 1 aromatic heterocycles. The predicted octanol–water partition coefficient (Wildman–Crippen LogP) is 1.52. The highest BCUT2D eigenvalue weighted by molar-refractivity contribution is 5.27. The molecule has 0 saturated heterocycles. The van der Waals surface area contributed by atoms with Gasteiger partial charge < -0.3 is 15.2 Å². The van der Waals surface area contributed by atoms with Crippen molar-refractivity contribution in [1.82, 2.24) is 4.98 Å². The summed E-state index contributed by atoms with van der Waals surface area (Å²) in [7, 11) is 1.67. The molecule has 1 aromatic rings. The lowest BCUT2D eigenvalue weighted by molar-refractivity contribution is 0.170. The maximum atomic E-state index is 5.80. The van der Waals surface area contributed by atoms with Crippen LogP contribution in [0, 0.1) is 0 Å². The summed E-state index contributed by atoms with van der Waals surface area (Å²) >= 11 is 0. The van der Waals surface area contributed by atoms with E-state index in [9.17, 15) is 0 Å². The van der Waals surface area contributed by atoms with Gasteiger partial charge in [0.15, 0.2) is 0 Å². The monoisotopic (exact) mass is 210 g/mol. The van der Waals surface area contributed by atoms with Crippen molar-refractivity contribution in [1.29, 1.82) is 0 Å². The van der Waals surface area contributed by atoms with E-state index in [1.807, 2.05) is 19.1 Å². The Labute approximate surface area is 90.4 Å². The summed E-state index contributed by atoms with van der Waals surface area (Å²) in [6, 6.07) is 3.74. The molecule has 4 nitrogen and oxygen atoms in total. The number of nitrogens with two attached hydrogens (primary N) is 1. The predicted molar refractivity (Wildman–Crippen MR) is 58.8 cm³/mol. The molecule has 1 heterocycles. The van der Waals surface area contributed by atoms with E-state index < -0.39 is 0 Å². The fourth-order valence-electron chi connectivity index (χ4n) is 1.24. The number of pyridine rings is 1. The topological polar surface area (TPSA) is 57.4 Å². The molecule has 84 valence electrons. The van der Waals surface area contributed by atoms with Gasteiger partial charge in [-0.2, -0.15) is 0 Å². The highest BCUT2D eigenvalue weighted by atomic mass is 16.5. The van der Waals surface area contributed by atoms with Crippen LogP contribution in [0.3, 0.4) is 0 Å². The largest absolute Gasteiger partial charge is 0.477 e. The summed E-state index contributed by atoms with van der Waals surface area (Å²) in [6.07, 6.45) is 2.56. The first-order chi connectivity index (χ1) is 7.25. The van der Waals surface area contributed by atoms with Gasteiger partial charge in [0.25, 0.3) is 0 Å². The van der Waals surface area contributed by atoms with E-state index in [4.69, 9.17) is 15.2 Å². The fraction of sp³-hybridized carbons (Fsp3) is 0.545. The number of methoxy groups -OCH3 is 1. The lowest BCUT2D eigenvalue weighted by Gasteiger charge is -2.12. The minimum absolute atomic E-state index is 0.0591. The van der Waals surface area contributed by atoms with Crippen molar-refractivity contribution in [2.45, 2.75) is 19.4 Å². The number of hydrogen-bond donors (Lipinski definition) is 1. The Morgan fingerprint density at radius 1 is 1.47 bits per heavy atom. The van der Waals surface area contributed by atoms with Crippen molar-refractivity contribution >= 4 is 0 Å². The average molecular weight is 210 g/mol. The molecule has 0 aliphatic carbocycles. The minimum Gasteiger partial charge on any atom is -0.477 e. The van der Waals surface area contributed by atoms with Gasteiger partial charge in [-0.25, -0.2) is 4.98 Å². The molecule has 0 bridgehead atoms. The summed E-state index contributed by atoms with van der Waals surface area (Å²) in [5, 5.41) is 0. The Kier molecular flexibility index (Phi) is 5.07. The van der Waals surface area contributed by atoms with Crippen LogP contribution < -0.4 is 10.5 Å². The first-order valence-electron chi connectivity index (χ1n) is 5.08. The van der Waals surface area contributed by atoms with Crippen molar-refractivity contribution in [2.75, 3.05) is 20.3 Å². The van der Waals surface area contributed by atoms with E-state index in [1.165, 1.54) is 0 Å². The number of ether oxygens (including phenoxy) is 2. The van der Waals surface area contributed by atoms with Gasteiger partial charge in [-0.1, -0.05) is 6.07 Å². The second-order valence-electron chi connectivity index (χ2n) is 3.38. The van der Waals surface area contributed by atoms with Gasteiger partial charge in [0.05, 0.1) is 6.61 Å². The zero-order valence-corrected chi connectivity index (χ0v) is 9.27. The second-order valence-corrected chi connectivity index (χ2v) is 3.38. The Morgan fingerprint density at radius 3 is 2.93 bits per heavy atom. The van der Waals surface area contributed by atoms with Crippen molar-refractivity contribution in [3.63, 3.8) is 0 Å². The first kappa shape index (κ1) is 11.9. The maximum absolute atomic E-state index is 5.80. The summed E-state index contributed by atoms with van der Waals surface area (Å²) < 4.78 is 10.5. The summed E-state index contributed by atoms with van der Waals surface area (Å²) in [4.78, 5) is 4.15. The number of nitrogens with zero attached hydrogens (tertiary/aromatic N) is 1. The third kappa shape index (κ3) is 3.85. The van der Waals surface area contributed by atoms with Crippen LogP contribution in [0.4, 0.5) is 0 Å². The van der Waals surface area contributed by atoms with Gasteiger partial charge >= 0.3 is 0 Å². The zero-order chi connectivity index (χ0) is 11.1. The summed E-state index contributed by atoms with van der Waals surface area (Å²) in [5.74, 6) is 0.628. The summed E-state index contributed by atoms with van der Waals surface area (Å²) in [5.41, 5.74) is 6.74. The lowest BCUT2D eigenvalue weighted by atomic mass is 10.1. The second kappa shape index (κ2) is 6.37. The SMILES string of the molecule is COCCCOc1ncccc1C(C)N. The van der Waals surface area contributed by atoms with Crippen LogP contribution in [-0.2, 0) is 4.74 Å². The Balaban J connectivity index is 2.52. The number of hydrogen-bond acceptors (Lipinski definition) is 4. The van der Waals surface area contributed by atoms with Crippen LogP contribution >= 0.6 is 0 Å². The molecule has 0 aliphatic rings. The van der Waals surface area contributed by atoms with Crippen LogP contribution in [-0.4, -0.2) is 25.3 Å². The molecule has 2 N–H and O–H groups in total. The van der Waals surface area contributed by atoms with Crippen LogP contribution in [0.5, 0.6) is 5.88 Å². The van der Waals surface area contributed by atoms with E-state index in [-0.39, 0.29) is 6.04 Å². The van der Waals surface area contributed by atoms with Gasteiger partial charge in [0.1, 0.15) is 0 Å². The van der Waals surface area contributed by atoms with E-state index in [1.54, 1.807) is 13.3 Å². The Bertz CT molecular complexity index is 290. The van der Waals surface area contributed by atoms with E-state index in [0.29, 0.717) is 19.1 Å². The van der Waals surface area contributed by atoms with E-state index >= 15 is 0 Å². The van der Waals surface area contributed by atoms with Gasteiger partial charge in [-0.05, 0) is 13.0 Å². The molecule has 1 rings (SSSR count). The maximum Gasteiger partial charge on any atom is 0.218 e. The van der Waals surface area contributed by atoms with Crippen molar-refractivity contribution < 1.29 is 9.47 Å². The van der Waals surface area contributed by atoms with Gasteiger partial charge in [-0.15, -0.1) is 0 Å². The summed E-state index contributed by atoms with van der Waals surface area (Å²) in [6.45, 7) is 3.21. The van der Waals surface area contributed by atoms with Crippen LogP contribution in [0.25, 0.3) is 0 Å². The average Bonchev–Trinajstić information content (AvgIpc) is 2.25. The molecular weight excluding hydrogens is 192 g/mol. The van der Waals surface area contributed by atoms with Gasteiger partial charge in [-0.3, -0.25) is 0 Å². The Hall–Kier alpha value is -1.13. The quantitative estimate of drug-likeness (QED) is 0.723. The van der Waals surface area contributed by atoms with E-state index in [0.717, 1.165) is 12.0 Å². The highest BCUT2D eigenvalue weighted by Gasteiger charge is 2.07. The fourth-order valence-corrected chi connectivity index (χ4v) is 1.24. The van der Waals surface area contributed by atoms with E-state index in [2.05, 4.69) is 4.98 Å². The molecule has 0 spiro atoms. The molecule has 0 amide bonds. The molecular formula is C11H18N2O2. The Morgan fingerprint density at radius 2 is 2.27 bits per heavy atom. The number of aromatic nitrogens is 1. The van der Waals surface area contributed by atoms with Crippen LogP contribution in [0.1, 0.15) is 24.9 Å². The minimum atomic E-state index is -0.0591. The normalized spacial score (nSPS) is 12.5.